The number of nitrogens with one attached hydrogen (secondary N) is 1. The van der Waals surface area contributed by atoms with Gasteiger partial charge in [-0.25, -0.2) is 9.59 Å². The van der Waals surface area contributed by atoms with E-state index in [4.69, 9.17) is 15.9 Å². The van der Waals surface area contributed by atoms with Crippen LogP contribution in [0.4, 0.5) is 4.79 Å². The van der Waals surface area contributed by atoms with Gasteiger partial charge in [0.1, 0.15) is 6.04 Å². The normalized spacial score (nSPS) is 11.6. The molecular formula is C15H25NO4. The van der Waals surface area contributed by atoms with Gasteiger partial charge in [-0.3, -0.25) is 0 Å². The van der Waals surface area contributed by atoms with Crippen LogP contribution in [0.25, 0.3) is 0 Å². The number of carbonyl (C=O) groups is 2. The average molecular weight is 283 g/mol. The van der Waals surface area contributed by atoms with Gasteiger partial charge in [0, 0.05) is 0 Å². The molecule has 0 aliphatic rings. The van der Waals surface area contributed by atoms with E-state index in [1.807, 2.05) is 13.8 Å². The smallest absolute Gasteiger partial charge is 0.408 e. The maximum absolute atomic E-state index is 11.9. The maximum Gasteiger partial charge on any atom is 0.408 e. The molecule has 5 heteroatoms. The second-order valence-corrected chi connectivity index (χ2v) is 4.98. The summed E-state index contributed by atoms with van der Waals surface area (Å²) in [6.45, 7) is 6.26. The van der Waals surface area contributed by atoms with Crippen LogP contribution in [0.15, 0.2) is 0 Å². The summed E-state index contributed by atoms with van der Waals surface area (Å²) in [6.07, 6.45) is 7.70. The fraction of sp³-hybridized carbons (Fsp3) is 0.733. The van der Waals surface area contributed by atoms with Gasteiger partial charge >= 0.3 is 12.1 Å². The third-order valence-electron chi connectivity index (χ3n) is 2.56. The van der Waals surface area contributed by atoms with Crippen molar-refractivity contribution in [2.24, 2.45) is 5.92 Å². The van der Waals surface area contributed by atoms with Crippen molar-refractivity contribution in [1.29, 1.82) is 0 Å². The molecule has 5 nitrogen and oxygen atoms in total. The number of alkyl carbamates (subject to hydrolysis) is 1. The fourth-order valence-electron chi connectivity index (χ4n) is 1.60. The highest BCUT2D eigenvalue weighted by Gasteiger charge is 2.23. The summed E-state index contributed by atoms with van der Waals surface area (Å²) in [5, 5.41) is 2.49. The Labute approximate surface area is 121 Å². The number of ether oxygens (including phenoxy) is 2. The lowest BCUT2D eigenvalue weighted by Crippen LogP contribution is -2.43. The molecule has 1 atom stereocenters. The molecule has 0 spiro atoms. The molecule has 1 amide bonds. The Morgan fingerprint density at radius 3 is 2.50 bits per heavy atom. The largest absolute Gasteiger partial charge is 0.464 e. The summed E-state index contributed by atoms with van der Waals surface area (Å²) in [4.78, 5) is 23.4. The number of esters is 1. The van der Waals surface area contributed by atoms with Crippen molar-refractivity contribution >= 4 is 12.1 Å². The highest BCUT2D eigenvalue weighted by Crippen LogP contribution is 2.07. The zero-order valence-corrected chi connectivity index (χ0v) is 12.6. The van der Waals surface area contributed by atoms with E-state index < -0.39 is 18.1 Å². The van der Waals surface area contributed by atoms with Gasteiger partial charge < -0.3 is 14.8 Å². The first-order chi connectivity index (χ1) is 9.51. The van der Waals surface area contributed by atoms with Crippen LogP contribution in [0.3, 0.4) is 0 Å². The second-order valence-electron chi connectivity index (χ2n) is 4.98. The van der Waals surface area contributed by atoms with Crippen LogP contribution in [0.2, 0.25) is 0 Å². The van der Waals surface area contributed by atoms with E-state index in [1.165, 1.54) is 0 Å². The average Bonchev–Trinajstić information content (AvgIpc) is 2.39. The first-order valence-corrected chi connectivity index (χ1v) is 7.04. The number of carbonyl (C=O) groups excluding carboxylic acids is 2. The van der Waals surface area contributed by atoms with Gasteiger partial charge in [0.2, 0.25) is 0 Å². The molecular weight excluding hydrogens is 258 g/mol. The van der Waals surface area contributed by atoms with Crippen molar-refractivity contribution in [3.8, 4) is 12.3 Å². The van der Waals surface area contributed by atoms with Gasteiger partial charge in [0.15, 0.2) is 6.61 Å². The molecule has 0 aliphatic heterocycles. The quantitative estimate of drug-likeness (QED) is 0.401. The third-order valence-corrected chi connectivity index (χ3v) is 2.56. The topological polar surface area (TPSA) is 64.6 Å². The minimum atomic E-state index is -0.695. The molecule has 0 saturated heterocycles. The van der Waals surface area contributed by atoms with Crippen molar-refractivity contribution in [3.63, 3.8) is 0 Å². The first-order valence-electron chi connectivity index (χ1n) is 7.04. The Hall–Kier alpha value is -1.70. The molecule has 1 N–H and O–H groups in total. The summed E-state index contributed by atoms with van der Waals surface area (Å²) < 4.78 is 9.87. The van der Waals surface area contributed by atoms with E-state index in [0.29, 0.717) is 13.0 Å². The molecule has 0 saturated carbocycles. The van der Waals surface area contributed by atoms with Crippen LogP contribution in [-0.4, -0.2) is 31.3 Å². The Bertz CT molecular complexity index is 333. The van der Waals surface area contributed by atoms with Crippen molar-refractivity contribution in [2.45, 2.75) is 52.5 Å². The van der Waals surface area contributed by atoms with Crippen LogP contribution in [0, 0.1) is 18.3 Å². The van der Waals surface area contributed by atoms with Crippen LogP contribution in [0.1, 0.15) is 46.5 Å². The standard InChI is InChI=1S/C15H25NO4/c1-5-7-8-10-19-14(17)13(11-12(3)4)16-15(18)20-9-6-2/h2,12-13H,5,7-11H2,1,3-4H3,(H,16,18). The van der Waals surface area contributed by atoms with Gasteiger partial charge in [-0.05, 0) is 18.8 Å². The van der Waals surface area contributed by atoms with Crippen LogP contribution in [-0.2, 0) is 14.3 Å². The summed E-state index contributed by atoms with van der Waals surface area (Å²) >= 11 is 0. The SMILES string of the molecule is C#CCOC(=O)NC(CC(C)C)C(=O)OCCCCC. The number of amides is 1. The summed E-state index contributed by atoms with van der Waals surface area (Å²) in [5.41, 5.74) is 0. The highest BCUT2D eigenvalue weighted by molar-refractivity contribution is 5.81. The van der Waals surface area contributed by atoms with E-state index in [9.17, 15) is 9.59 Å². The van der Waals surface area contributed by atoms with Crippen LogP contribution < -0.4 is 5.32 Å². The zero-order chi connectivity index (χ0) is 15.4. The van der Waals surface area contributed by atoms with Gasteiger partial charge in [0.25, 0.3) is 0 Å². The molecule has 0 aromatic heterocycles. The lowest BCUT2D eigenvalue weighted by Gasteiger charge is -2.18. The van der Waals surface area contributed by atoms with Crippen molar-refractivity contribution < 1.29 is 19.1 Å². The molecule has 0 aliphatic carbocycles. The van der Waals surface area contributed by atoms with E-state index >= 15 is 0 Å². The zero-order valence-electron chi connectivity index (χ0n) is 12.6. The number of hydrogen-bond donors (Lipinski definition) is 1. The van der Waals surface area contributed by atoms with E-state index in [2.05, 4.69) is 18.2 Å². The van der Waals surface area contributed by atoms with Crippen molar-refractivity contribution in [1.82, 2.24) is 5.32 Å². The number of unbranched alkanes of at least 4 members (excludes halogenated alkanes) is 2. The van der Waals surface area contributed by atoms with Crippen molar-refractivity contribution in [3.05, 3.63) is 0 Å². The lowest BCUT2D eigenvalue weighted by atomic mass is 10.0. The van der Waals surface area contributed by atoms with E-state index in [1.54, 1.807) is 0 Å². The molecule has 0 aromatic carbocycles. The summed E-state index contributed by atoms with van der Waals surface area (Å²) in [7, 11) is 0. The monoisotopic (exact) mass is 283 g/mol. The van der Waals surface area contributed by atoms with Gasteiger partial charge in [0.05, 0.1) is 6.61 Å². The number of rotatable bonds is 9. The Kier molecular flexibility index (Phi) is 10.2. The van der Waals surface area contributed by atoms with E-state index in [0.717, 1.165) is 19.3 Å². The molecule has 1 unspecified atom stereocenters. The minimum absolute atomic E-state index is 0.119. The highest BCUT2D eigenvalue weighted by atomic mass is 16.6. The molecule has 0 rings (SSSR count). The van der Waals surface area contributed by atoms with Gasteiger partial charge in [-0.2, -0.15) is 0 Å². The number of hydrogen-bond acceptors (Lipinski definition) is 4. The Balaban J connectivity index is 4.28. The maximum atomic E-state index is 11.9. The first kappa shape index (κ1) is 18.3. The van der Waals surface area contributed by atoms with Crippen molar-refractivity contribution in [2.75, 3.05) is 13.2 Å². The Morgan fingerprint density at radius 2 is 1.95 bits per heavy atom. The summed E-state index contributed by atoms with van der Waals surface area (Å²) in [5.74, 6) is 2.01. The molecule has 20 heavy (non-hydrogen) atoms. The molecule has 0 aromatic rings. The van der Waals surface area contributed by atoms with Crippen LogP contribution >= 0.6 is 0 Å². The Morgan fingerprint density at radius 1 is 1.25 bits per heavy atom. The molecule has 0 radical (unpaired) electrons. The molecule has 0 fully saturated rings. The summed E-state index contributed by atoms with van der Waals surface area (Å²) in [6, 6.07) is -0.693. The molecule has 0 heterocycles. The third kappa shape index (κ3) is 9.26. The predicted molar refractivity (Wildman–Crippen MR) is 77.0 cm³/mol. The predicted octanol–water partition coefficient (Wildman–Crippen LogP) is 2.49. The second kappa shape index (κ2) is 11.2. The van der Waals surface area contributed by atoms with Crippen LogP contribution in [0.5, 0.6) is 0 Å². The molecule has 0 bridgehead atoms. The van der Waals surface area contributed by atoms with Gasteiger partial charge in [-0.15, -0.1) is 6.42 Å². The van der Waals surface area contributed by atoms with Gasteiger partial charge in [-0.1, -0.05) is 39.5 Å². The minimum Gasteiger partial charge on any atom is -0.464 e. The lowest BCUT2D eigenvalue weighted by molar-refractivity contribution is -0.146. The number of terminal acetylenes is 1. The fourth-order valence-corrected chi connectivity index (χ4v) is 1.60. The van der Waals surface area contributed by atoms with E-state index in [-0.39, 0.29) is 12.5 Å². The molecule has 114 valence electrons.